The molecular formula is C20H26. The van der Waals surface area contributed by atoms with Gasteiger partial charge in [0.25, 0.3) is 0 Å². The van der Waals surface area contributed by atoms with Crippen LogP contribution in [0.5, 0.6) is 0 Å². The molecule has 0 spiro atoms. The van der Waals surface area contributed by atoms with Crippen LogP contribution in [0.1, 0.15) is 69.2 Å². The third-order valence-corrected chi connectivity index (χ3v) is 4.26. The monoisotopic (exact) mass is 266 g/mol. The van der Waals surface area contributed by atoms with Gasteiger partial charge in [-0.05, 0) is 51.6 Å². The minimum absolute atomic E-state index is 0. The second-order valence-electron chi connectivity index (χ2n) is 6.32. The van der Waals surface area contributed by atoms with E-state index in [2.05, 4.69) is 64.1 Å². The first-order valence-electron chi connectivity index (χ1n) is 7.32. The van der Waals surface area contributed by atoms with Crippen LogP contribution in [0, 0.1) is 0 Å². The van der Waals surface area contributed by atoms with Gasteiger partial charge in [-0.2, -0.15) is 0 Å². The van der Waals surface area contributed by atoms with Crippen molar-refractivity contribution in [1.29, 1.82) is 0 Å². The van der Waals surface area contributed by atoms with Gasteiger partial charge >= 0.3 is 0 Å². The highest BCUT2D eigenvalue weighted by atomic mass is 14.2. The molecule has 0 heteroatoms. The summed E-state index contributed by atoms with van der Waals surface area (Å²) in [5.41, 5.74) is 8.79. The van der Waals surface area contributed by atoms with Gasteiger partial charge in [-0.1, -0.05) is 71.5 Å². The summed E-state index contributed by atoms with van der Waals surface area (Å²) in [6.45, 7) is 9.06. The number of hydrogen-bond donors (Lipinski definition) is 0. The summed E-state index contributed by atoms with van der Waals surface area (Å²) in [6, 6.07) is 14.0. The van der Waals surface area contributed by atoms with E-state index in [1.165, 1.54) is 33.4 Å². The van der Waals surface area contributed by atoms with Gasteiger partial charge in [0.1, 0.15) is 0 Å². The fourth-order valence-corrected chi connectivity index (χ4v) is 2.97. The lowest BCUT2D eigenvalue weighted by Gasteiger charge is -2.09. The Labute approximate surface area is 123 Å². The van der Waals surface area contributed by atoms with Gasteiger partial charge in [-0.15, -0.1) is 0 Å². The SMILES string of the molecule is C.CC(C)c1ccc2c(c1)Cc1cc(C(C)C)ccc1-2. The summed E-state index contributed by atoms with van der Waals surface area (Å²) in [6.07, 6.45) is 1.10. The van der Waals surface area contributed by atoms with Gasteiger partial charge in [0.05, 0.1) is 0 Å². The van der Waals surface area contributed by atoms with Gasteiger partial charge < -0.3 is 0 Å². The van der Waals surface area contributed by atoms with E-state index in [0.717, 1.165) is 6.42 Å². The molecule has 20 heavy (non-hydrogen) atoms. The Kier molecular flexibility index (Phi) is 4.04. The Hall–Kier alpha value is -1.56. The Morgan fingerprint density at radius 1 is 0.700 bits per heavy atom. The minimum Gasteiger partial charge on any atom is -0.0776 e. The summed E-state index contributed by atoms with van der Waals surface area (Å²) in [5, 5.41) is 0. The number of benzene rings is 2. The highest BCUT2D eigenvalue weighted by Crippen LogP contribution is 2.39. The van der Waals surface area contributed by atoms with Gasteiger partial charge in [-0.3, -0.25) is 0 Å². The molecule has 2 aromatic rings. The van der Waals surface area contributed by atoms with Crippen molar-refractivity contribution >= 4 is 0 Å². The van der Waals surface area contributed by atoms with Crippen LogP contribution in [0.2, 0.25) is 0 Å². The average molecular weight is 266 g/mol. The van der Waals surface area contributed by atoms with Crippen LogP contribution in [0.4, 0.5) is 0 Å². The number of rotatable bonds is 2. The lowest BCUT2D eigenvalue weighted by molar-refractivity contribution is 0.862. The Morgan fingerprint density at radius 2 is 1.10 bits per heavy atom. The molecule has 2 aromatic carbocycles. The Morgan fingerprint density at radius 3 is 1.45 bits per heavy atom. The maximum Gasteiger partial charge on any atom is -0.00132 e. The molecule has 0 aliphatic heterocycles. The van der Waals surface area contributed by atoms with Gasteiger partial charge in [0.15, 0.2) is 0 Å². The van der Waals surface area contributed by atoms with Crippen LogP contribution in [0.25, 0.3) is 11.1 Å². The third kappa shape index (κ3) is 2.40. The molecule has 0 bridgehead atoms. The molecule has 1 aliphatic carbocycles. The summed E-state index contributed by atoms with van der Waals surface area (Å²) >= 11 is 0. The van der Waals surface area contributed by atoms with Gasteiger partial charge in [-0.25, -0.2) is 0 Å². The largest absolute Gasteiger partial charge is 0.0776 e. The molecule has 0 nitrogen and oxygen atoms in total. The predicted octanol–water partition coefficient (Wildman–Crippen LogP) is 6.14. The molecule has 106 valence electrons. The minimum atomic E-state index is 0. The first kappa shape index (κ1) is 14.8. The van der Waals surface area contributed by atoms with Crippen LogP contribution in [-0.2, 0) is 6.42 Å². The van der Waals surface area contributed by atoms with Crippen molar-refractivity contribution in [2.75, 3.05) is 0 Å². The Bertz CT molecular complexity index is 562. The summed E-state index contributed by atoms with van der Waals surface area (Å²) in [7, 11) is 0. The van der Waals surface area contributed by atoms with Crippen LogP contribution in [-0.4, -0.2) is 0 Å². The zero-order valence-corrected chi connectivity index (χ0v) is 12.3. The molecule has 0 heterocycles. The van der Waals surface area contributed by atoms with E-state index in [9.17, 15) is 0 Å². The van der Waals surface area contributed by atoms with Crippen molar-refractivity contribution in [3.63, 3.8) is 0 Å². The lowest BCUT2D eigenvalue weighted by Crippen LogP contribution is -1.90. The zero-order valence-electron chi connectivity index (χ0n) is 12.3. The molecule has 0 radical (unpaired) electrons. The van der Waals surface area contributed by atoms with Crippen molar-refractivity contribution in [2.24, 2.45) is 0 Å². The van der Waals surface area contributed by atoms with E-state index in [1.54, 1.807) is 0 Å². The van der Waals surface area contributed by atoms with E-state index in [0.29, 0.717) is 11.8 Å². The first-order valence-corrected chi connectivity index (χ1v) is 7.32. The molecular weight excluding hydrogens is 240 g/mol. The third-order valence-electron chi connectivity index (χ3n) is 4.26. The first-order chi connectivity index (χ1) is 9.06. The fourth-order valence-electron chi connectivity index (χ4n) is 2.97. The molecule has 3 rings (SSSR count). The van der Waals surface area contributed by atoms with E-state index >= 15 is 0 Å². The van der Waals surface area contributed by atoms with Crippen LogP contribution in [0.15, 0.2) is 36.4 Å². The number of fused-ring (bicyclic) bond motifs is 3. The summed E-state index contributed by atoms with van der Waals surface area (Å²) < 4.78 is 0. The van der Waals surface area contributed by atoms with E-state index in [4.69, 9.17) is 0 Å². The molecule has 0 aromatic heterocycles. The normalized spacial score (nSPS) is 12.3. The molecule has 0 saturated carbocycles. The van der Waals surface area contributed by atoms with Crippen molar-refractivity contribution in [2.45, 2.75) is 53.4 Å². The molecule has 1 aliphatic rings. The number of hydrogen-bond acceptors (Lipinski definition) is 0. The standard InChI is InChI=1S/C19H22.CH4/c1-12(2)14-5-7-18-16(9-14)11-17-10-15(13(3)4)6-8-19(17)18;/h5-10,12-13H,11H2,1-4H3;1H4. The van der Waals surface area contributed by atoms with Crippen LogP contribution in [0.3, 0.4) is 0 Å². The maximum absolute atomic E-state index is 2.40. The van der Waals surface area contributed by atoms with Gasteiger partial charge in [0, 0.05) is 0 Å². The summed E-state index contributed by atoms with van der Waals surface area (Å²) in [4.78, 5) is 0. The zero-order chi connectivity index (χ0) is 13.6. The van der Waals surface area contributed by atoms with Crippen molar-refractivity contribution in [3.8, 4) is 11.1 Å². The van der Waals surface area contributed by atoms with E-state index in [1.807, 2.05) is 0 Å². The van der Waals surface area contributed by atoms with Gasteiger partial charge in [0.2, 0.25) is 0 Å². The van der Waals surface area contributed by atoms with Crippen LogP contribution >= 0.6 is 0 Å². The van der Waals surface area contributed by atoms with E-state index < -0.39 is 0 Å². The average Bonchev–Trinajstić information content (AvgIpc) is 2.74. The van der Waals surface area contributed by atoms with Crippen molar-refractivity contribution < 1.29 is 0 Å². The molecule has 0 N–H and O–H groups in total. The second kappa shape index (κ2) is 5.44. The molecule has 0 atom stereocenters. The summed E-state index contributed by atoms with van der Waals surface area (Å²) in [5.74, 6) is 1.22. The predicted molar refractivity (Wildman–Crippen MR) is 89.6 cm³/mol. The lowest BCUT2D eigenvalue weighted by atomic mass is 9.96. The smallest absolute Gasteiger partial charge is 0.00132 e. The second-order valence-corrected chi connectivity index (χ2v) is 6.32. The topological polar surface area (TPSA) is 0 Å². The van der Waals surface area contributed by atoms with Crippen molar-refractivity contribution in [1.82, 2.24) is 0 Å². The highest BCUT2D eigenvalue weighted by molar-refractivity contribution is 5.77. The molecule has 0 saturated heterocycles. The van der Waals surface area contributed by atoms with E-state index in [-0.39, 0.29) is 7.43 Å². The Balaban J connectivity index is 0.00000147. The van der Waals surface area contributed by atoms with Crippen molar-refractivity contribution in [3.05, 3.63) is 58.7 Å². The molecule has 0 unspecified atom stereocenters. The fraction of sp³-hybridized carbons (Fsp3) is 0.400. The highest BCUT2D eigenvalue weighted by Gasteiger charge is 2.19. The quantitative estimate of drug-likeness (QED) is 0.522. The van der Waals surface area contributed by atoms with Crippen LogP contribution < -0.4 is 0 Å². The molecule has 0 fully saturated rings. The molecule has 0 amide bonds. The maximum atomic E-state index is 2.40.